The molecule has 0 amide bonds. The second kappa shape index (κ2) is 15.4. The molecule has 0 fully saturated rings. The van der Waals surface area contributed by atoms with Crippen LogP contribution in [0.25, 0.3) is 0 Å². The maximum atomic E-state index is 9.15. The Labute approximate surface area is 109 Å². The van der Waals surface area contributed by atoms with E-state index in [1.54, 1.807) is 0 Å². The van der Waals surface area contributed by atoms with E-state index >= 15 is 0 Å². The molecule has 2 unspecified atom stereocenters. The maximum Gasteiger partial charge on any atom is 0.126 e. The molecule has 0 heterocycles. The Morgan fingerprint density at radius 1 is 1.56 bits per heavy atom. The lowest BCUT2D eigenvalue weighted by molar-refractivity contribution is 0.368. The van der Waals surface area contributed by atoms with E-state index < -0.39 is 11.4 Å². The van der Waals surface area contributed by atoms with Crippen molar-refractivity contribution in [2.45, 2.75) is 19.8 Å². The lowest BCUT2D eigenvalue weighted by atomic mass is 10.4. The van der Waals surface area contributed by atoms with Gasteiger partial charge in [0.15, 0.2) is 0 Å². The van der Waals surface area contributed by atoms with Crippen LogP contribution in [0.2, 0.25) is 0 Å². The molecule has 0 aromatic rings. The van der Waals surface area contributed by atoms with Crippen molar-refractivity contribution in [3.05, 3.63) is 12.7 Å². The summed E-state index contributed by atoms with van der Waals surface area (Å²) in [5, 5.41) is 0. The first kappa shape index (κ1) is 18.8. The first-order valence-corrected chi connectivity index (χ1v) is 8.33. The fraction of sp³-hybridized carbons (Fsp3) is 0.800. The third-order valence-corrected chi connectivity index (χ3v) is 4.68. The summed E-state index contributed by atoms with van der Waals surface area (Å²) in [5.41, 5.74) is 0. The van der Waals surface area contributed by atoms with Crippen LogP contribution in [0.5, 0.6) is 0 Å². The van der Waals surface area contributed by atoms with Crippen molar-refractivity contribution in [2.24, 2.45) is 0 Å². The molecule has 0 saturated heterocycles. The second-order valence-corrected chi connectivity index (χ2v) is 6.38. The van der Waals surface area contributed by atoms with Crippen molar-refractivity contribution in [3.63, 3.8) is 0 Å². The Morgan fingerprint density at radius 2 is 2.12 bits per heavy atom. The number of hydrogen-bond donors (Lipinski definition) is 0. The molecule has 0 aromatic heterocycles. The molecule has 0 radical (unpaired) electrons. The van der Waals surface area contributed by atoms with Gasteiger partial charge in [-0.1, -0.05) is 19.9 Å². The van der Waals surface area contributed by atoms with Crippen molar-refractivity contribution in [1.29, 1.82) is 0 Å². The molecule has 0 bridgehead atoms. The zero-order chi connectivity index (χ0) is 12.8. The topological polar surface area (TPSA) is 49.4 Å². The van der Waals surface area contributed by atoms with Gasteiger partial charge < -0.3 is 8.74 Å². The third kappa shape index (κ3) is 16.9. The van der Waals surface area contributed by atoms with E-state index in [2.05, 4.69) is 17.7 Å². The summed E-state index contributed by atoms with van der Waals surface area (Å²) in [6.07, 6.45) is 4.65. The standard InChI is InChI=1S/C9H18ClS.CH4O3S/c1-3-5-8-11(7-4-2)9-6-10;1-4-5(2)3/h4H,2-3,5-9H2,1H3;1H3,(H,2,3)/q+1;/p-1. The maximum absolute atomic E-state index is 9.15. The minimum Gasteiger partial charge on any atom is -0.750 e. The summed E-state index contributed by atoms with van der Waals surface area (Å²) in [6, 6.07) is 0. The highest BCUT2D eigenvalue weighted by atomic mass is 35.5. The molecule has 0 spiro atoms. The van der Waals surface area contributed by atoms with E-state index in [-0.39, 0.29) is 0 Å². The predicted molar refractivity (Wildman–Crippen MR) is 73.7 cm³/mol. The molecule has 3 nitrogen and oxygen atoms in total. The van der Waals surface area contributed by atoms with Crippen LogP contribution in [0.1, 0.15) is 19.8 Å². The number of hydrogen-bond acceptors (Lipinski definition) is 3. The van der Waals surface area contributed by atoms with E-state index in [1.807, 2.05) is 6.08 Å². The molecule has 0 rings (SSSR count). The average molecular weight is 289 g/mol. The fourth-order valence-corrected chi connectivity index (χ4v) is 3.33. The van der Waals surface area contributed by atoms with Gasteiger partial charge in [-0.05, 0) is 23.4 Å². The highest BCUT2D eigenvalue weighted by Crippen LogP contribution is 2.03. The summed E-state index contributed by atoms with van der Waals surface area (Å²) in [7, 11) is 1.61. The summed E-state index contributed by atoms with van der Waals surface area (Å²) in [4.78, 5) is 0. The smallest absolute Gasteiger partial charge is 0.126 e. The van der Waals surface area contributed by atoms with Gasteiger partial charge in [0.05, 0.1) is 24.4 Å². The zero-order valence-electron chi connectivity index (χ0n) is 9.95. The number of unbranched alkanes of at least 4 members (excludes halogenated alkanes) is 1. The normalized spacial score (nSPS) is 13.5. The van der Waals surface area contributed by atoms with E-state index in [0.29, 0.717) is 10.9 Å². The molecule has 0 aromatic carbocycles. The van der Waals surface area contributed by atoms with E-state index in [9.17, 15) is 0 Å². The first-order valence-electron chi connectivity index (χ1n) is 5.07. The van der Waals surface area contributed by atoms with Crippen LogP contribution in [0.15, 0.2) is 12.7 Å². The Kier molecular flexibility index (Phi) is 18.2. The van der Waals surface area contributed by atoms with E-state index in [0.717, 1.165) is 18.7 Å². The summed E-state index contributed by atoms with van der Waals surface area (Å²) in [5.74, 6) is 4.48. The Bertz CT molecular complexity index is 179. The van der Waals surface area contributed by atoms with Crippen LogP contribution in [0, 0.1) is 0 Å². The Balaban J connectivity index is 0. The molecular formula is C10H21ClO3S2. The van der Waals surface area contributed by atoms with Gasteiger partial charge in [0, 0.05) is 0 Å². The Morgan fingerprint density at radius 3 is 2.44 bits per heavy atom. The van der Waals surface area contributed by atoms with Gasteiger partial charge in [0.1, 0.15) is 17.3 Å². The van der Waals surface area contributed by atoms with Gasteiger partial charge in [0.25, 0.3) is 0 Å². The summed E-state index contributed by atoms with van der Waals surface area (Å²) >= 11 is 3.36. The predicted octanol–water partition coefficient (Wildman–Crippen LogP) is 2.26. The van der Waals surface area contributed by atoms with Gasteiger partial charge in [0.2, 0.25) is 0 Å². The summed E-state index contributed by atoms with van der Waals surface area (Å²) < 4.78 is 22.0. The lowest BCUT2D eigenvalue weighted by Gasteiger charge is -2.03. The highest BCUT2D eigenvalue weighted by Gasteiger charge is 2.13. The molecule has 0 aliphatic carbocycles. The molecule has 6 heteroatoms. The van der Waals surface area contributed by atoms with Crippen molar-refractivity contribution < 1.29 is 12.9 Å². The molecule has 0 aliphatic heterocycles. The third-order valence-electron chi connectivity index (χ3n) is 1.64. The second-order valence-electron chi connectivity index (χ2n) is 2.89. The monoisotopic (exact) mass is 288 g/mol. The van der Waals surface area contributed by atoms with Crippen LogP contribution in [0.4, 0.5) is 0 Å². The van der Waals surface area contributed by atoms with Crippen LogP contribution < -0.4 is 0 Å². The molecule has 0 aliphatic rings. The minimum absolute atomic E-state index is 0.526. The van der Waals surface area contributed by atoms with Crippen molar-refractivity contribution in [3.8, 4) is 0 Å². The number of rotatable bonds is 8. The fourth-order valence-electron chi connectivity index (χ4n) is 0.893. The molecule has 0 saturated carbocycles. The Hall–Kier alpha value is 0.450. The largest absolute Gasteiger partial charge is 0.750 e. The lowest BCUT2D eigenvalue weighted by Crippen LogP contribution is -2.15. The van der Waals surface area contributed by atoms with Crippen LogP contribution in [-0.2, 0) is 26.4 Å². The molecule has 98 valence electrons. The molecular weight excluding hydrogens is 268 g/mol. The zero-order valence-corrected chi connectivity index (χ0v) is 12.3. The highest BCUT2D eigenvalue weighted by molar-refractivity contribution is 7.97. The van der Waals surface area contributed by atoms with Gasteiger partial charge in [-0.15, -0.1) is 11.6 Å². The van der Waals surface area contributed by atoms with Crippen LogP contribution in [-0.4, -0.2) is 39.0 Å². The minimum atomic E-state index is -2.32. The van der Waals surface area contributed by atoms with Crippen molar-refractivity contribution in [1.82, 2.24) is 0 Å². The van der Waals surface area contributed by atoms with Gasteiger partial charge in [-0.3, -0.25) is 0 Å². The molecule has 0 N–H and O–H groups in total. The van der Waals surface area contributed by atoms with E-state index in [4.69, 9.17) is 20.4 Å². The van der Waals surface area contributed by atoms with Crippen LogP contribution in [0.3, 0.4) is 0 Å². The van der Waals surface area contributed by atoms with Crippen LogP contribution >= 0.6 is 11.6 Å². The van der Waals surface area contributed by atoms with E-state index in [1.165, 1.54) is 24.3 Å². The number of halogens is 1. The number of alkyl halides is 1. The quantitative estimate of drug-likeness (QED) is 0.298. The SMILES string of the molecule is C=CC[S+](CCCl)CCCC.COS(=O)[O-]. The van der Waals surface area contributed by atoms with Crippen molar-refractivity contribution >= 4 is 33.9 Å². The van der Waals surface area contributed by atoms with Gasteiger partial charge in [-0.25, -0.2) is 4.21 Å². The average Bonchev–Trinajstić information content (AvgIpc) is 2.27. The molecule has 2 atom stereocenters. The first-order chi connectivity index (χ1) is 7.62. The summed E-state index contributed by atoms with van der Waals surface area (Å²) in [6.45, 7) is 5.99. The van der Waals surface area contributed by atoms with Gasteiger partial charge >= 0.3 is 0 Å². The van der Waals surface area contributed by atoms with Crippen molar-refractivity contribution in [2.75, 3.05) is 30.2 Å². The molecule has 16 heavy (non-hydrogen) atoms. The van der Waals surface area contributed by atoms with Gasteiger partial charge in [-0.2, -0.15) is 0 Å².